The Hall–Kier alpha value is -2.36. The van der Waals surface area contributed by atoms with Gasteiger partial charge in [0.1, 0.15) is 17.8 Å². The van der Waals surface area contributed by atoms with E-state index in [-0.39, 0.29) is 0 Å². The third-order valence-corrected chi connectivity index (χ3v) is 5.17. The minimum Gasteiger partial charge on any atom is -0.383 e. The van der Waals surface area contributed by atoms with Gasteiger partial charge in [-0.2, -0.15) is 0 Å². The van der Waals surface area contributed by atoms with Crippen molar-refractivity contribution in [1.82, 2.24) is 14.5 Å². The summed E-state index contributed by atoms with van der Waals surface area (Å²) < 4.78 is 2.34. The van der Waals surface area contributed by atoms with E-state index >= 15 is 0 Å². The molecule has 0 aliphatic heterocycles. The molecule has 2 atom stereocenters. The van der Waals surface area contributed by atoms with Crippen LogP contribution < -0.4 is 5.73 Å². The molecule has 1 fully saturated rings. The van der Waals surface area contributed by atoms with Gasteiger partial charge < -0.3 is 10.3 Å². The lowest BCUT2D eigenvalue weighted by atomic mass is 9.98. The molecule has 2 aromatic heterocycles. The number of aryl methyl sites for hydroxylation is 1. The quantitative estimate of drug-likeness (QED) is 0.793. The monoisotopic (exact) mass is 306 g/mol. The number of hydrogen-bond acceptors (Lipinski definition) is 3. The first-order valence-corrected chi connectivity index (χ1v) is 8.42. The van der Waals surface area contributed by atoms with E-state index in [1.165, 1.54) is 30.4 Å². The zero-order valence-corrected chi connectivity index (χ0v) is 13.4. The molecular weight excluding hydrogens is 284 g/mol. The van der Waals surface area contributed by atoms with E-state index in [9.17, 15) is 0 Å². The number of benzene rings is 1. The molecule has 3 aromatic rings. The topological polar surface area (TPSA) is 56.7 Å². The van der Waals surface area contributed by atoms with Crippen molar-refractivity contribution in [2.45, 2.75) is 44.6 Å². The van der Waals surface area contributed by atoms with Crippen LogP contribution in [0.2, 0.25) is 0 Å². The minimum atomic E-state index is 0.498. The molecule has 2 unspecified atom stereocenters. The first-order valence-electron chi connectivity index (χ1n) is 8.42. The summed E-state index contributed by atoms with van der Waals surface area (Å²) in [5.41, 5.74) is 9.80. The van der Waals surface area contributed by atoms with Crippen molar-refractivity contribution in [1.29, 1.82) is 0 Å². The largest absolute Gasteiger partial charge is 0.383 e. The van der Waals surface area contributed by atoms with Crippen molar-refractivity contribution in [3.8, 4) is 0 Å². The molecule has 1 saturated carbocycles. The number of hydrogen-bond donors (Lipinski definition) is 1. The summed E-state index contributed by atoms with van der Waals surface area (Å²) in [6, 6.07) is 11.4. The molecule has 1 aliphatic rings. The third-order valence-electron chi connectivity index (χ3n) is 5.17. The molecule has 0 bridgehead atoms. The maximum atomic E-state index is 6.10. The molecule has 2 N–H and O–H groups in total. The van der Waals surface area contributed by atoms with Gasteiger partial charge in [0, 0.05) is 12.2 Å². The highest BCUT2D eigenvalue weighted by Gasteiger charge is 2.28. The molecule has 4 rings (SSSR count). The lowest BCUT2D eigenvalue weighted by Crippen LogP contribution is -2.05. The summed E-state index contributed by atoms with van der Waals surface area (Å²) in [5, 5.41) is 1.04. The lowest BCUT2D eigenvalue weighted by molar-refractivity contribution is 0.522. The van der Waals surface area contributed by atoms with Crippen LogP contribution in [-0.2, 0) is 6.42 Å². The number of rotatable bonds is 3. The predicted octanol–water partition coefficient (Wildman–Crippen LogP) is 4.08. The fourth-order valence-electron chi connectivity index (χ4n) is 3.97. The highest BCUT2D eigenvalue weighted by atomic mass is 15.1. The van der Waals surface area contributed by atoms with Crippen LogP contribution in [0.1, 0.15) is 49.3 Å². The molecule has 2 heterocycles. The van der Waals surface area contributed by atoms with Crippen LogP contribution in [0, 0.1) is 0 Å². The SMILES string of the molecule is CCc1cn(C2CCC(c3ccccc3)C2)c2ncnc(N)c12. The zero-order chi connectivity index (χ0) is 15.8. The van der Waals surface area contributed by atoms with Gasteiger partial charge in [-0.1, -0.05) is 37.3 Å². The Morgan fingerprint density at radius 3 is 2.78 bits per heavy atom. The second kappa shape index (κ2) is 5.69. The summed E-state index contributed by atoms with van der Waals surface area (Å²) in [5.74, 6) is 1.24. The number of fused-ring (bicyclic) bond motifs is 1. The van der Waals surface area contributed by atoms with Crippen LogP contribution in [0.15, 0.2) is 42.9 Å². The van der Waals surface area contributed by atoms with E-state index in [1.54, 1.807) is 6.33 Å². The standard InChI is InChI=1S/C19H22N4/c1-2-13-11-23(19-17(13)18(20)21-12-22-19)16-9-8-15(10-16)14-6-4-3-5-7-14/h3-7,11-12,15-16H,2,8-10H2,1H3,(H2,20,21,22). The van der Waals surface area contributed by atoms with Crippen molar-refractivity contribution < 1.29 is 0 Å². The molecule has 1 aromatic carbocycles. The van der Waals surface area contributed by atoms with Gasteiger partial charge in [0.2, 0.25) is 0 Å². The van der Waals surface area contributed by atoms with E-state index in [0.717, 1.165) is 17.5 Å². The van der Waals surface area contributed by atoms with Crippen LogP contribution in [0.3, 0.4) is 0 Å². The number of anilines is 1. The van der Waals surface area contributed by atoms with Crippen molar-refractivity contribution in [3.63, 3.8) is 0 Å². The molecule has 4 nitrogen and oxygen atoms in total. The van der Waals surface area contributed by atoms with Crippen molar-refractivity contribution in [2.75, 3.05) is 5.73 Å². The molecule has 23 heavy (non-hydrogen) atoms. The smallest absolute Gasteiger partial charge is 0.146 e. The molecule has 0 spiro atoms. The number of nitrogen functional groups attached to an aromatic ring is 1. The summed E-state index contributed by atoms with van der Waals surface area (Å²) in [4.78, 5) is 8.70. The number of nitrogens with two attached hydrogens (primary N) is 1. The fourth-order valence-corrected chi connectivity index (χ4v) is 3.97. The number of aromatic nitrogens is 3. The average Bonchev–Trinajstić information content (AvgIpc) is 3.20. The van der Waals surface area contributed by atoms with Gasteiger partial charge in [-0.3, -0.25) is 0 Å². The van der Waals surface area contributed by atoms with E-state index in [2.05, 4.69) is 58.0 Å². The Bertz CT molecular complexity index is 822. The normalized spacial score (nSPS) is 21.1. The average molecular weight is 306 g/mol. The van der Waals surface area contributed by atoms with Gasteiger partial charge in [-0.05, 0) is 42.7 Å². The van der Waals surface area contributed by atoms with E-state index in [4.69, 9.17) is 5.73 Å². The zero-order valence-electron chi connectivity index (χ0n) is 13.4. The second-order valence-corrected chi connectivity index (χ2v) is 6.45. The summed E-state index contributed by atoms with van der Waals surface area (Å²) in [6.07, 6.45) is 8.37. The molecule has 1 aliphatic carbocycles. The van der Waals surface area contributed by atoms with E-state index in [1.807, 2.05) is 0 Å². The molecule has 0 amide bonds. The maximum absolute atomic E-state index is 6.10. The summed E-state index contributed by atoms with van der Waals surface area (Å²) >= 11 is 0. The Balaban J connectivity index is 1.70. The summed E-state index contributed by atoms with van der Waals surface area (Å²) in [6.45, 7) is 2.16. The predicted molar refractivity (Wildman–Crippen MR) is 93.4 cm³/mol. The Kier molecular flexibility index (Phi) is 3.52. The second-order valence-electron chi connectivity index (χ2n) is 6.45. The van der Waals surface area contributed by atoms with Crippen LogP contribution in [0.25, 0.3) is 11.0 Å². The Labute approximate surface area is 136 Å². The minimum absolute atomic E-state index is 0.498. The highest BCUT2D eigenvalue weighted by molar-refractivity contribution is 5.89. The Morgan fingerprint density at radius 1 is 1.17 bits per heavy atom. The van der Waals surface area contributed by atoms with Gasteiger partial charge in [-0.15, -0.1) is 0 Å². The fraction of sp³-hybridized carbons (Fsp3) is 0.368. The van der Waals surface area contributed by atoms with Gasteiger partial charge >= 0.3 is 0 Å². The van der Waals surface area contributed by atoms with Gasteiger partial charge in [-0.25, -0.2) is 9.97 Å². The first kappa shape index (κ1) is 14.2. The van der Waals surface area contributed by atoms with E-state index < -0.39 is 0 Å². The van der Waals surface area contributed by atoms with E-state index in [0.29, 0.717) is 17.8 Å². The van der Waals surface area contributed by atoms with Crippen molar-refractivity contribution in [2.24, 2.45) is 0 Å². The number of nitrogens with zero attached hydrogens (tertiary/aromatic N) is 3. The van der Waals surface area contributed by atoms with Gasteiger partial charge in [0.25, 0.3) is 0 Å². The van der Waals surface area contributed by atoms with Crippen LogP contribution in [0.4, 0.5) is 5.82 Å². The Morgan fingerprint density at radius 2 is 2.00 bits per heavy atom. The highest BCUT2D eigenvalue weighted by Crippen LogP contribution is 2.42. The van der Waals surface area contributed by atoms with Crippen molar-refractivity contribution >= 4 is 16.9 Å². The third kappa shape index (κ3) is 2.38. The molecule has 118 valence electrons. The van der Waals surface area contributed by atoms with Crippen molar-refractivity contribution in [3.05, 3.63) is 54.0 Å². The van der Waals surface area contributed by atoms with Crippen LogP contribution in [-0.4, -0.2) is 14.5 Å². The molecular formula is C19H22N4. The first-order chi connectivity index (χ1) is 11.3. The molecule has 0 radical (unpaired) electrons. The van der Waals surface area contributed by atoms with Gasteiger partial charge in [0.05, 0.1) is 5.39 Å². The molecule has 0 saturated heterocycles. The van der Waals surface area contributed by atoms with Crippen LogP contribution >= 0.6 is 0 Å². The summed E-state index contributed by atoms with van der Waals surface area (Å²) in [7, 11) is 0. The molecule has 4 heteroatoms. The van der Waals surface area contributed by atoms with Crippen LogP contribution in [0.5, 0.6) is 0 Å². The van der Waals surface area contributed by atoms with Gasteiger partial charge in [0.15, 0.2) is 0 Å². The lowest BCUT2D eigenvalue weighted by Gasteiger charge is -2.14. The maximum Gasteiger partial charge on any atom is 0.146 e.